The van der Waals surface area contributed by atoms with Crippen LogP contribution in [0.4, 0.5) is 5.82 Å². The lowest BCUT2D eigenvalue weighted by Crippen LogP contribution is -2.31. The normalized spacial score (nSPS) is 17.0. The van der Waals surface area contributed by atoms with Crippen molar-refractivity contribution in [3.05, 3.63) is 95.9 Å². The molecule has 1 aliphatic heterocycles. The Morgan fingerprint density at radius 3 is 2.68 bits per heavy atom. The highest BCUT2D eigenvalue weighted by Crippen LogP contribution is 2.29. The maximum atomic E-state index is 10.8. The fraction of sp³-hybridized carbons (Fsp3) is 0.290. The summed E-state index contributed by atoms with van der Waals surface area (Å²) in [5.74, 6) is 6.07. The van der Waals surface area contributed by atoms with Gasteiger partial charge in [0.25, 0.3) is 0 Å². The van der Waals surface area contributed by atoms with E-state index in [2.05, 4.69) is 33.9 Å². The van der Waals surface area contributed by atoms with Gasteiger partial charge in [0.15, 0.2) is 11.6 Å². The number of benzene rings is 2. The maximum absolute atomic E-state index is 10.8. The van der Waals surface area contributed by atoms with E-state index in [-0.39, 0.29) is 17.1 Å². The van der Waals surface area contributed by atoms with Crippen molar-refractivity contribution in [1.82, 2.24) is 19.7 Å². The van der Waals surface area contributed by atoms with Crippen LogP contribution in [0.5, 0.6) is 5.75 Å². The molecule has 0 radical (unpaired) electrons. The number of ether oxygens (including phenoxy) is 1. The number of piperidine rings is 1. The number of nitrogen functional groups attached to an aromatic ring is 1. The van der Waals surface area contributed by atoms with Crippen molar-refractivity contribution in [2.45, 2.75) is 38.0 Å². The number of aromatic nitrogens is 3. The molecule has 2 aromatic heterocycles. The highest BCUT2D eigenvalue weighted by Gasteiger charge is 2.20. The quantitative estimate of drug-likeness (QED) is 0.369. The third-order valence-electron chi connectivity index (χ3n) is 6.81. The summed E-state index contributed by atoms with van der Waals surface area (Å²) in [6.45, 7) is 1.49. The molecule has 3 heterocycles. The van der Waals surface area contributed by atoms with Crippen LogP contribution in [0, 0.1) is 11.8 Å². The Labute approximate surface area is 226 Å². The summed E-state index contributed by atoms with van der Waals surface area (Å²) in [5.41, 5.74) is 7.82. The van der Waals surface area contributed by atoms with E-state index in [4.69, 9.17) is 13.2 Å². The second-order valence-electron chi connectivity index (χ2n) is 9.82. The van der Waals surface area contributed by atoms with Gasteiger partial charge in [-0.05, 0) is 69.2 Å². The first-order chi connectivity index (χ1) is 19.1. The van der Waals surface area contributed by atoms with E-state index in [0.29, 0.717) is 17.2 Å². The number of aliphatic hydroxyl groups is 1. The summed E-state index contributed by atoms with van der Waals surface area (Å²) in [6, 6.07) is 17.9. The van der Waals surface area contributed by atoms with Gasteiger partial charge in [0.2, 0.25) is 0 Å². The number of pyridine rings is 1. The van der Waals surface area contributed by atoms with Crippen LogP contribution in [0.15, 0.2) is 79.3 Å². The van der Waals surface area contributed by atoms with Crippen LogP contribution >= 0.6 is 0 Å². The van der Waals surface area contributed by atoms with Crippen molar-refractivity contribution in [1.29, 1.82) is 0 Å². The van der Waals surface area contributed by atoms with Crippen molar-refractivity contribution in [3.8, 4) is 28.7 Å². The molecule has 4 aromatic rings. The zero-order valence-corrected chi connectivity index (χ0v) is 21.6. The van der Waals surface area contributed by atoms with E-state index in [9.17, 15) is 5.11 Å². The molecule has 0 spiro atoms. The lowest BCUT2D eigenvalue weighted by atomic mass is 9.96. The number of likely N-dealkylation sites (tertiary alicyclic amines) is 1. The molecule has 1 unspecified atom stereocenters. The van der Waals surface area contributed by atoms with Crippen molar-refractivity contribution < 1.29 is 12.6 Å². The topological polar surface area (TPSA) is 89.4 Å². The van der Waals surface area contributed by atoms with Crippen LogP contribution in [-0.2, 0) is 12.2 Å². The minimum absolute atomic E-state index is 0.0881. The maximum Gasteiger partial charge on any atom is 0.166 e. The van der Waals surface area contributed by atoms with Crippen molar-refractivity contribution in [2.75, 3.05) is 25.9 Å². The number of nitrogens with zero attached hydrogens (tertiary/aromatic N) is 4. The summed E-state index contributed by atoms with van der Waals surface area (Å²) >= 11 is 0. The first-order valence-corrected chi connectivity index (χ1v) is 12.7. The molecular formula is C31H33N5O2. The highest BCUT2D eigenvalue weighted by atomic mass is 16.5. The number of hydrogen-bond acceptors (Lipinski definition) is 6. The second kappa shape index (κ2) is 11.1. The summed E-state index contributed by atoms with van der Waals surface area (Å²) in [5, 5.41) is 15.4. The largest absolute Gasteiger partial charge is 0.485 e. The Morgan fingerprint density at radius 2 is 1.89 bits per heavy atom. The Bertz CT molecular complexity index is 1530. The Balaban J connectivity index is 1.34. The van der Waals surface area contributed by atoms with E-state index in [1.54, 1.807) is 49.6 Å². The van der Waals surface area contributed by atoms with Gasteiger partial charge in [0, 0.05) is 29.1 Å². The van der Waals surface area contributed by atoms with Crippen molar-refractivity contribution in [2.24, 2.45) is 0 Å². The number of anilines is 1. The summed E-state index contributed by atoms with van der Waals surface area (Å²) < 4.78 is 25.1. The van der Waals surface area contributed by atoms with Crippen LogP contribution in [0.3, 0.4) is 0 Å². The third-order valence-corrected chi connectivity index (χ3v) is 6.81. The van der Waals surface area contributed by atoms with Gasteiger partial charge in [-0.1, -0.05) is 54.3 Å². The molecule has 194 valence electrons. The molecule has 5 rings (SSSR count). The fourth-order valence-corrected chi connectivity index (χ4v) is 4.44. The zero-order valence-electron chi connectivity index (χ0n) is 23.6. The van der Waals surface area contributed by atoms with E-state index < -0.39 is 12.2 Å². The van der Waals surface area contributed by atoms with Gasteiger partial charge in [-0.15, -0.1) is 0 Å². The minimum Gasteiger partial charge on any atom is -0.485 e. The van der Waals surface area contributed by atoms with E-state index >= 15 is 0 Å². The molecule has 0 saturated carbocycles. The first kappa shape index (κ1) is 23.0. The average molecular weight is 510 g/mol. The Morgan fingerprint density at radius 1 is 1.11 bits per heavy atom. The van der Waals surface area contributed by atoms with Crippen molar-refractivity contribution in [3.63, 3.8) is 0 Å². The monoisotopic (exact) mass is 509 g/mol. The predicted molar refractivity (Wildman–Crippen MR) is 149 cm³/mol. The van der Waals surface area contributed by atoms with Gasteiger partial charge in [-0.3, -0.25) is 4.68 Å². The summed E-state index contributed by atoms with van der Waals surface area (Å²) in [4.78, 5) is 6.58. The summed E-state index contributed by atoms with van der Waals surface area (Å²) in [6.07, 6.45) is 7.51. The molecule has 2 aromatic carbocycles. The molecule has 1 saturated heterocycles. The van der Waals surface area contributed by atoms with E-state index in [1.807, 2.05) is 41.2 Å². The molecule has 3 N–H and O–H groups in total. The lowest BCUT2D eigenvalue weighted by molar-refractivity contribution is 0.122. The molecule has 0 amide bonds. The van der Waals surface area contributed by atoms with Gasteiger partial charge in [0.1, 0.15) is 12.2 Å². The molecule has 1 aliphatic rings. The van der Waals surface area contributed by atoms with Crippen LogP contribution < -0.4 is 10.5 Å². The number of hydrogen-bond donors (Lipinski definition) is 2. The van der Waals surface area contributed by atoms with Crippen LogP contribution in [0.2, 0.25) is 0 Å². The third kappa shape index (κ3) is 6.05. The van der Waals surface area contributed by atoms with Gasteiger partial charge in [-0.2, -0.15) is 5.10 Å². The smallest absolute Gasteiger partial charge is 0.166 e. The second-order valence-corrected chi connectivity index (χ2v) is 9.82. The molecule has 7 heteroatoms. The average Bonchev–Trinajstić information content (AvgIpc) is 3.45. The van der Waals surface area contributed by atoms with Gasteiger partial charge in [-0.25, -0.2) is 4.98 Å². The minimum atomic E-state index is -2.22. The fourth-order valence-electron chi connectivity index (χ4n) is 4.44. The van der Waals surface area contributed by atoms with Crippen molar-refractivity contribution >= 4 is 5.82 Å². The molecule has 1 fully saturated rings. The van der Waals surface area contributed by atoms with Crippen LogP contribution in [0.1, 0.15) is 45.2 Å². The molecule has 0 bridgehead atoms. The predicted octanol–water partition coefficient (Wildman–Crippen LogP) is 4.63. The SMILES string of the molecule is [2H]C([2H])(Oc1cc(-c2cnn(C3CCN(C)CC3)c2)cnc1N)c1cccc(C#CC(C)(O)c2ccccc2)c1. The molecule has 38 heavy (non-hydrogen) atoms. The first-order valence-electron chi connectivity index (χ1n) is 13.7. The number of rotatable bonds is 6. The van der Waals surface area contributed by atoms with Gasteiger partial charge >= 0.3 is 0 Å². The number of nitrogens with two attached hydrogens (primary N) is 1. The molecule has 7 nitrogen and oxygen atoms in total. The van der Waals surface area contributed by atoms with Gasteiger partial charge in [0.05, 0.1) is 15.0 Å². The lowest BCUT2D eigenvalue weighted by Gasteiger charge is -2.28. The summed E-state index contributed by atoms with van der Waals surface area (Å²) in [7, 11) is 2.13. The zero-order chi connectivity index (χ0) is 28.3. The van der Waals surface area contributed by atoms with E-state index in [1.165, 1.54) is 0 Å². The van der Waals surface area contributed by atoms with Crippen LogP contribution in [-0.4, -0.2) is 44.9 Å². The molecule has 0 aliphatic carbocycles. The Hall–Kier alpha value is -4.12. The van der Waals surface area contributed by atoms with Gasteiger partial charge < -0.3 is 20.5 Å². The Kier molecular flexibility index (Phi) is 6.72. The van der Waals surface area contributed by atoms with Crippen LogP contribution in [0.25, 0.3) is 11.1 Å². The molecule has 1 atom stereocenters. The standard InChI is InChI=1S/C31H33N5O2/c1-31(37,27-9-4-3-5-10-27)14-11-23-7-6-8-24(17-23)22-38-29-18-25(19-33-30(29)32)26-20-34-36(21-26)28-12-15-35(2)16-13-28/h3-10,17-21,28,37H,12-13,15-16,22H2,1-2H3,(H2,32,33)/i22D2. The van der Waals surface area contributed by atoms with E-state index in [0.717, 1.165) is 37.1 Å². The highest BCUT2D eigenvalue weighted by molar-refractivity contribution is 5.65. The molecular weight excluding hydrogens is 474 g/mol.